The van der Waals surface area contributed by atoms with Crippen molar-refractivity contribution in [3.05, 3.63) is 94.8 Å². The Morgan fingerprint density at radius 3 is 2.71 bits per heavy atom. The molecule has 1 saturated heterocycles. The molecule has 1 aromatic heterocycles. The van der Waals surface area contributed by atoms with E-state index in [0.29, 0.717) is 5.56 Å². The van der Waals surface area contributed by atoms with Gasteiger partial charge in [0.1, 0.15) is 17.7 Å². The summed E-state index contributed by atoms with van der Waals surface area (Å²) in [6.07, 6.45) is 2.19. The molecule has 0 spiro atoms. The number of fused-ring (bicyclic) bond motifs is 2. The van der Waals surface area contributed by atoms with Gasteiger partial charge in [0, 0.05) is 19.7 Å². The molecule has 3 heterocycles. The molecule has 1 fully saturated rings. The lowest BCUT2D eigenvalue weighted by Crippen LogP contribution is -2.34. The first-order valence-corrected chi connectivity index (χ1v) is 13.3. The van der Waals surface area contributed by atoms with E-state index in [9.17, 15) is 4.79 Å². The van der Waals surface area contributed by atoms with Crippen molar-refractivity contribution in [1.29, 1.82) is 0 Å². The molecule has 0 amide bonds. The molecule has 3 aromatic carbocycles. The second kappa shape index (κ2) is 10.6. The van der Waals surface area contributed by atoms with Gasteiger partial charge in [-0.05, 0) is 66.8 Å². The largest absolute Gasteiger partial charge is 0.486 e. The van der Waals surface area contributed by atoms with Crippen LogP contribution in [0.1, 0.15) is 52.3 Å². The van der Waals surface area contributed by atoms with Gasteiger partial charge in [0.15, 0.2) is 0 Å². The Morgan fingerprint density at radius 1 is 1.11 bits per heavy atom. The number of imidazole rings is 1. The first-order chi connectivity index (χ1) is 18.6. The van der Waals surface area contributed by atoms with Gasteiger partial charge in [0.25, 0.3) is 0 Å². The zero-order chi connectivity index (χ0) is 26.1. The van der Waals surface area contributed by atoms with Gasteiger partial charge >= 0.3 is 5.97 Å². The van der Waals surface area contributed by atoms with E-state index in [-0.39, 0.29) is 18.2 Å². The van der Waals surface area contributed by atoms with Gasteiger partial charge in [-0.25, -0.2) is 9.78 Å². The van der Waals surface area contributed by atoms with Crippen molar-refractivity contribution < 1.29 is 19.0 Å². The fraction of sp³-hybridized carbons (Fsp3) is 0.355. The molecular formula is C31H33N3O4. The Hall–Kier alpha value is -3.68. The van der Waals surface area contributed by atoms with Crippen LogP contribution in [0.3, 0.4) is 0 Å². The Balaban J connectivity index is 1.22. The second-order valence-electron chi connectivity index (χ2n) is 10.2. The average Bonchev–Trinajstić information content (AvgIpc) is 3.26. The van der Waals surface area contributed by atoms with Crippen LogP contribution in [0.15, 0.2) is 66.7 Å². The summed E-state index contributed by atoms with van der Waals surface area (Å²) < 4.78 is 19.2. The first-order valence-electron chi connectivity index (χ1n) is 13.3. The lowest BCUT2D eigenvalue weighted by molar-refractivity contribution is -0.0592. The van der Waals surface area contributed by atoms with E-state index >= 15 is 0 Å². The van der Waals surface area contributed by atoms with Gasteiger partial charge in [-0.2, -0.15) is 0 Å². The molecule has 0 N–H and O–H groups in total. The minimum atomic E-state index is -0.340. The quantitative estimate of drug-likeness (QED) is 0.299. The maximum atomic E-state index is 12.2. The van der Waals surface area contributed by atoms with Crippen molar-refractivity contribution in [2.24, 2.45) is 0 Å². The third kappa shape index (κ3) is 5.04. The summed E-state index contributed by atoms with van der Waals surface area (Å²) in [5, 5.41) is 0. The van der Waals surface area contributed by atoms with Crippen molar-refractivity contribution >= 4 is 17.0 Å². The molecule has 2 aliphatic heterocycles. The summed E-state index contributed by atoms with van der Waals surface area (Å²) >= 11 is 0. The molecule has 2 atom stereocenters. The average molecular weight is 512 g/mol. The highest BCUT2D eigenvalue weighted by Gasteiger charge is 2.25. The van der Waals surface area contributed by atoms with E-state index in [2.05, 4.69) is 46.7 Å². The number of nitrogens with zero attached hydrogens (tertiary/aromatic N) is 3. The van der Waals surface area contributed by atoms with Crippen molar-refractivity contribution in [2.45, 2.75) is 51.6 Å². The van der Waals surface area contributed by atoms with Gasteiger partial charge in [-0.3, -0.25) is 4.90 Å². The second-order valence-corrected chi connectivity index (χ2v) is 10.2. The van der Waals surface area contributed by atoms with Crippen LogP contribution in [0.2, 0.25) is 0 Å². The Bertz CT molecular complexity index is 1440. The molecule has 0 radical (unpaired) electrons. The number of methoxy groups -OCH3 is 1. The van der Waals surface area contributed by atoms with Crippen LogP contribution in [-0.4, -0.2) is 46.8 Å². The third-order valence-electron chi connectivity index (χ3n) is 7.64. The molecular weight excluding hydrogens is 478 g/mol. The standard InChI is InChI=1S/C31H33N3O4/c1-21(22-6-4-3-5-7-22)38-26-10-8-23-12-14-33(18-25(23)16-26)20-30-32-28-11-9-24(31(35)36-2)17-29(28)34(30)19-27-13-15-37-27/h3-11,16-17,21,27H,12-15,18-20H2,1-2H3/t21?,27-/m0/s1. The molecule has 196 valence electrons. The summed E-state index contributed by atoms with van der Waals surface area (Å²) in [6.45, 7) is 6.14. The molecule has 1 unspecified atom stereocenters. The molecule has 4 aromatic rings. The number of aromatic nitrogens is 2. The zero-order valence-corrected chi connectivity index (χ0v) is 21.9. The van der Waals surface area contributed by atoms with Gasteiger partial charge in [0.05, 0.1) is 42.9 Å². The maximum absolute atomic E-state index is 12.2. The fourth-order valence-electron chi connectivity index (χ4n) is 5.37. The maximum Gasteiger partial charge on any atom is 0.337 e. The van der Waals surface area contributed by atoms with Gasteiger partial charge in [-0.15, -0.1) is 0 Å². The summed E-state index contributed by atoms with van der Waals surface area (Å²) in [5.74, 6) is 1.55. The van der Waals surface area contributed by atoms with Gasteiger partial charge < -0.3 is 18.8 Å². The van der Waals surface area contributed by atoms with Crippen LogP contribution >= 0.6 is 0 Å². The molecule has 2 aliphatic rings. The number of carbonyl (C=O) groups is 1. The van der Waals surface area contributed by atoms with Crippen molar-refractivity contribution in [3.63, 3.8) is 0 Å². The van der Waals surface area contributed by atoms with Crippen LogP contribution < -0.4 is 4.74 Å². The SMILES string of the molecule is COC(=O)c1ccc2nc(CN3CCc4ccc(OC(C)c5ccccc5)cc4C3)n(C[C@@H]3CCO3)c2c1. The number of esters is 1. The Kier molecular flexibility index (Phi) is 6.87. The van der Waals surface area contributed by atoms with Crippen LogP contribution in [0.5, 0.6) is 5.75 Å². The van der Waals surface area contributed by atoms with Crippen molar-refractivity contribution in [3.8, 4) is 5.75 Å². The number of hydrogen-bond donors (Lipinski definition) is 0. The normalized spacial score (nSPS) is 18.0. The van der Waals surface area contributed by atoms with E-state index in [1.165, 1.54) is 18.2 Å². The van der Waals surface area contributed by atoms with E-state index in [1.807, 2.05) is 30.3 Å². The Morgan fingerprint density at radius 2 is 1.95 bits per heavy atom. The minimum Gasteiger partial charge on any atom is -0.486 e. The van der Waals surface area contributed by atoms with E-state index < -0.39 is 0 Å². The Labute approximate surface area is 222 Å². The number of rotatable bonds is 8. The highest BCUT2D eigenvalue weighted by molar-refractivity contribution is 5.93. The molecule has 6 rings (SSSR count). The topological polar surface area (TPSA) is 65.8 Å². The molecule has 7 heteroatoms. The van der Waals surface area contributed by atoms with Gasteiger partial charge in [-0.1, -0.05) is 36.4 Å². The fourth-order valence-corrected chi connectivity index (χ4v) is 5.37. The number of hydrogen-bond acceptors (Lipinski definition) is 6. The third-order valence-corrected chi connectivity index (χ3v) is 7.64. The molecule has 38 heavy (non-hydrogen) atoms. The highest BCUT2D eigenvalue weighted by Crippen LogP contribution is 2.29. The predicted molar refractivity (Wildman–Crippen MR) is 145 cm³/mol. The van der Waals surface area contributed by atoms with E-state index in [0.717, 1.165) is 73.8 Å². The lowest BCUT2D eigenvalue weighted by Gasteiger charge is -2.31. The highest BCUT2D eigenvalue weighted by atomic mass is 16.5. The number of benzene rings is 3. The summed E-state index contributed by atoms with van der Waals surface area (Å²) in [7, 11) is 1.41. The minimum absolute atomic E-state index is 0.0162. The molecule has 0 saturated carbocycles. The predicted octanol–water partition coefficient (Wildman–Crippen LogP) is 5.31. The molecule has 0 aliphatic carbocycles. The summed E-state index contributed by atoms with van der Waals surface area (Å²) in [4.78, 5) is 19.6. The van der Waals surface area contributed by atoms with E-state index in [4.69, 9.17) is 19.2 Å². The smallest absolute Gasteiger partial charge is 0.337 e. The molecule has 7 nitrogen and oxygen atoms in total. The molecule has 0 bridgehead atoms. The lowest BCUT2D eigenvalue weighted by atomic mass is 9.99. The zero-order valence-electron chi connectivity index (χ0n) is 21.9. The van der Waals surface area contributed by atoms with Crippen LogP contribution in [0, 0.1) is 0 Å². The van der Waals surface area contributed by atoms with Crippen molar-refractivity contribution in [2.75, 3.05) is 20.3 Å². The first kappa shape index (κ1) is 24.6. The van der Waals surface area contributed by atoms with Crippen molar-refractivity contribution in [1.82, 2.24) is 14.5 Å². The van der Waals surface area contributed by atoms with Gasteiger partial charge in [0.2, 0.25) is 0 Å². The van der Waals surface area contributed by atoms with Crippen LogP contribution in [0.25, 0.3) is 11.0 Å². The van der Waals surface area contributed by atoms with Crippen LogP contribution in [0.4, 0.5) is 0 Å². The number of carbonyl (C=O) groups excluding carboxylic acids is 1. The van der Waals surface area contributed by atoms with E-state index in [1.54, 1.807) is 6.07 Å². The van der Waals surface area contributed by atoms with Crippen LogP contribution in [-0.2, 0) is 35.5 Å². The summed E-state index contributed by atoms with van der Waals surface area (Å²) in [5.41, 5.74) is 6.20. The number of ether oxygens (including phenoxy) is 3. The monoisotopic (exact) mass is 511 g/mol. The summed E-state index contributed by atoms with van der Waals surface area (Å²) in [6, 6.07) is 22.4.